The molecule has 0 aliphatic rings. The molecule has 0 radical (unpaired) electrons. The Hall–Kier alpha value is -0.0700. The zero-order chi connectivity index (χ0) is 16.5. The van der Waals surface area contributed by atoms with Crippen molar-refractivity contribution in [2.75, 3.05) is 0 Å². The number of hydrogen-bond donors (Lipinski definition) is 2. The van der Waals surface area contributed by atoms with Crippen molar-refractivity contribution in [3.8, 4) is 0 Å². The third-order valence-corrected chi connectivity index (χ3v) is 4.49. The van der Waals surface area contributed by atoms with Crippen molar-refractivity contribution in [2.45, 2.75) is 9.79 Å². The Morgan fingerprint density at radius 2 is 1.04 bits per heavy atom. The molecule has 0 saturated heterocycles. The fraction of sp³-hybridized carbons (Fsp3) is 0. The van der Waals surface area contributed by atoms with Gasteiger partial charge < -0.3 is 0 Å². The van der Waals surface area contributed by atoms with Gasteiger partial charge in [0, 0.05) is 11.1 Å². The number of carbonyl (C=O) groups is 1. The van der Waals surface area contributed by atoms with Crippen LogP contribution in [0.15, 0.2) is 58.3 Å². The molecule has 24 heavy (non-hydrogen) atoms. The van der Waals surface area contributed by atoms with Crippen molar-refractivity contribution in [1.82, 2.24) is 0 Å². The van der Waals surface area contributed by atoms with E-state index < -0.39 is 35.8 Å². The molecule has 0 aliphatic carbocycles. The van der Waals surface area contributed by atoms with Crippen LogP contribution in [0.25, 0.3) is 0 Å². The Morgan fingerprint density at radius 1 is 0.708 bits per heavy atom. The molecule has 7 nitrogen and oxygen atoms in total. The second kappa shape index (κ2) is 9.04. The average Bonchev–Trinajstić information content (AvgIpc) is 2.45. The van der Waals surface area contributed by atoms with Gasteiger partial charge in [0.15, 0.2) is 5.78 Å². The van der Waals surface area contributed by atoms with E-state index in [9.17, 15) is 21.6 Å². The van der Waals surface area contributed by atoms with E-state index in [0.29, 0.717) is 0 Å². The third-order valence-electron chi connectivity index (χ3n) is 2.79. The van der Waals surface area contributed by atoms with Gasteiger partial charge in [-0.15, -0.1) is 0 Å². The average molecular weight is 390 g/mol. The summed E-state index contributed by atoms with van der Waals surface area (Å²) in [5, 5.41) is 0. The molecule has 0 saturated carbocycles. The number of rotatable bonds is 4. The number of benzene rings is 2. The van der Waals surface area contributed by atoms with Crippen LogP contribution >= 0.6 is 0 Å². The van der Waals surface area contributed by atoms with Crippen LogP contribution in [0.3, 0.4) is 0 Å². The van der Waals surface area contributed by atoms with E-state index in [2.05, 4.69) is 0 Å². The molecule has 0 atom stereocenters. The van der Waals surface area contributed by atoms with Gasteiger partial charge in [-0.2, -0.15) is 16.8 Å². The summed E-state index contributed by atoms with van der Waals surface area (Å²) in [6.07, 6.45) is 0. The van der Waals surface area contributed by atoms with Gasteiger partial charge in [0.2, 0.25) is 0 Å². The third kappa shape index (κ3) is 6.03. The van der Waals surface area contributed by atoms with Crippen molar-refractivity contribution >= 4 is 85.1 Å². The monoisotopic (exact) mass is 390 g/mol. The van der Waals surface area contributed by atoms with E-state index >= 15 is 0 Å². The first-order valence-corrected chi connectivity index (χ1v) is 8.67. The first-order valence-electron chi connectivity index (χ1n) is 5.79. The van der Waals surface area contributed by atoms with Gasteiger partial charge in [0.25, 0.3) is 20.2 Å². The van der Waals surface area contributed by atoms with Gasteiger partial charge in [-0.1, -0.05) is 24.3 Å². The normalized spacial score (nSPS) is 11.1. The van der Waals surface area contributed by atoms with E-state index in [-0.39, 0.29) is 70.2 Å². The van der Waals surface area contributed by atoms with E-state index in [1.54, 1.807) is 0 Å². The molecule has 0 spiro atoms. The Balaban J connectivity index is 0.00000264. The van der Waals surface area contributed by atoms with Crippen LogP contribution in [0.1, 0.15) is 15.9 Å². The van der Waals surface area contributed by atoms with Crippen LogP contribution in [0.5, 0.6) is 0 Å². The quantitative estimate of drug-likeness (QED) is 0.431. The maximum absolute atomic E-state index is 12.3. The standard InChI is InChI=1S/C13H10O7S2.2Na.2H/c14-13(9-3-1-5-11(7-9)21(15,16)17)10-4-2-6-12(8-10)22(18,19)20;;;;/h1-8H,(H,15,16,17)(H,18,19,20);;;;. The van der Waals surface area contributed by atoms with E-state index in [4.69, 9.17) is 9.11 Å². The van der Waals surface area contributed by atoms with Crippen molar-refractivity contribution in [1.29, 1.82) is 0 Å². The first kappa shape index (κ1) is 23.9. The Bertz CT molecular complexity index is 876. The molecule has 0 fully saturated rings. The van der Waals surface area contributed by atoms with Gasteiger partial charge in [-0.05, 0) is 24.3 Å². The van der Waals surface area contributed by atoms with Gasteiger partial charge in [-0.25, -0.2) is 0 Å². The molecule has 0 amide bonds. The molecule has 2 N–H and O–H groups in total. The summed E-state index contributed by atoms with van der Waals surface area (Å²) in [5.41, 5.74) is -0.106. The van der Waals surface area contributed by atoms with Crippen LogP contribution in [-0.2, 0) is 20.2 Å². The van der Waals surface area contributed by atoms with Crippen LogP contribution in [0.4, 0.5) is 0 Å². The molecule has 2 aromatic carbocycles. The molecule has 0 aliphatic heterocycles. The minimum absolute atomic E-state index is 0. The molecule has 0 heterocycles. The Morgan fingerprint density at radius 3 is 1.33 bits per heavy atom. The summed E-state index contributed by atoms with van der Waals surface area (Å²) < 4.78 is 62.2. The number of carbonyl (C=O) groups excluding carboxylic acids is 1. The summed E-state index contributed by atoms with van der Waals surface area (Å²) in [4.78, 5) is 11.3. The van der Waals surface area contributed by atoms with E-state index in [1.807, 2.05) is 0 Å². The van der Waals surface area contributed by atoms with Crippen molar-refractivity contribution < 1.29 is 30.7 Å². The van der Waals surface area contributed by atoms with Crippen LogP contribution in [0.2, 0.25) is 0 Å². The predicted octanol–water partition coefficient (Wildman–Crippen LogP) is 0.114. The molecule has 0 aromatic heterocycles. The molecule has 120 valence electrons. The molecule has 11 heteroatoms. The molecule has 0 bridgehead atoms. The van der Waals surface area contributed by atoms with Crippen LogP contribution < -0.4 is 0 Å². The van der Waals surface area contributed by atoms with Crippen LogP contribution in [0, 0.1) is 0 Å². The SMILES string of the molecule is O=C(c1cccc(S(=O)(=O)O)c1)c1cccc(S(=O)(=O)O)c1.[NaH].[NaH]. The number of hydrogen-bond acceptors (Lipinski definition) is 5. The van der Waals surface area contributed by atoms with Gasteiger partial charge >= 0.3 is 59.1 Å². The molecular weight excluding hydrogens is 378 g/mol. The second-order valence-electron chi connectivity index (χ2n) is 4.33. The summed E-state index contributed by atoms with van der Waals surface area (Å²) in [7, 11) is -8.92. The van der Waals surface area contributed by atoms with Crippen molar-refractivity contribution in [3.63, 3.8) is 0 Å². The van der Waals surface area contributed by atoms with E-state index in [1.165, 1.54) is 24.3 Å². The molecule has 2 rings (SSSR count). The van der Waals surface area contributed by atoms with Gasteiger partial charge in [0.05, 0.1) is 9.79 Å². The van der Waals surface area contributed by atoms with Crippen LogP contribution in [-0.4, -0.2) is 90.8 Å². The summed E-state index contributed by atoms with van der Waals surface area (Å²) in [5.74, 6) is -0.656. The summed E-state index contributed by atoms with van der Waals surface area (Å²) >= 11 is 0. The molecule has 2 aromatic rings. The zero-order valence-corrected chi connectivity index (χ0v) is 12.5. The predicted molar refractivity (Wildman–Crippen MR) is 90.2 cm³/mol. The molecule has 0 unspecified atom stereocenters. The van der Waals surface area contributed by atoms with E-state index in [0.717, 1.165) is 24.3 Å². The second-order valence-corrected chi connectivity index (χ2v) is 7.18. The fourth-order valence-corrected chi connectivity index (χ4v) is 2.82. The number of ketones is 1. The zero-order valence-electron chi connectivity index (χ0n) is 10.9. The topological polar surface area (TPSA) is 126 Å². The van der Waals surface area contributed by atoms with Gasteiger partial charge in [-0.3, -0.25) is 13.9 Å². The Labute approximate surface area is 183 Å². The maximum atomic E-state index is 12.3. The summed E-state index contributed by atoms with van der Waals surface area (Å²) in [6.45, 7) is 0. The Kier molecular flexibility index (Phi) is 9.01. The van der Waals surface area contributed by atoms with Crippen molar-refractivity contribution in [2.24, 2.45) is 0 Å². The summed E-state index contributed by atoms with van der Waals surface area (Å²) in [6, 6.07) is 9.33. The minimum atomic E-state index is -4.46. The van der Waals surface area contributed by atoms with Crippen molar-refractivity contribution in [3.05, 3.63) is 59.7 Å². The first-order chi connectivity index (χ1) is 10.1. The molecular formula is C13H12Na2O7S2. The van der Waals surface area contributed by atoms with Gasteiger partial charge in [0.1, 0.15) is 0 Å². The fourth-order valence-electron chi connectivity index (χ4n) is 1.76.